The van der Waals surface area contributed by atoms with Crippen LogP contribution in [0.2, 0.25) is 19.0 Å². The summed E-state index contributed by atoms with van der Waals surface area (Å²) in [6.45, 7) is 2.28. The van der Waals surface area contributed by atoms with Gasteiger partial charge in [-0.25, -0.2) is 0 Å². The molecule has 17 heavy (non-hydrogen) atoms. The molecule has 0 atom stereocenters. The SMILES string of the molecule is CCCCCCCCCCC[CH2][Sb]([CH3])([CH3])([CH3])[Cl]. The monoisotopic (exact) mass is 370 g/mol. The predicted molar refractivity (Wildman–Crippen MR) is 85.9 cm³/mol. The topological polar surface area (TPSA) is 0 Å². The zero-order chi connectivity index (χ0) is 13.2. The molecule has 0 amide bonds. The Morgan fingerprint density at radius 1 is 0.647 bits per heavy atom. The van der Waals surface area contributed by atoms with E-state index in [-0.39, 0.29) is 0 Å². The van der Waals surface area contributed by atoms with Crippen molar-refractivity contribution >= 4 is 25.1 Å². The van der Waals surface area contributed by atoms with Gasteiger partial charge in [-0.05, 0) is 0 Å². The van der Waals surface area contributed by atoms with E-state index in [1.54, 1.807) is 0 Å². The molecular weight excluding hydrogens is 337 g/mol. The van der Waals surface area contributed by atoms with Gasteiger partial charge in [0.2, 0.25) is 0 Å². The van der Waals surface area contributed by atoms with Crippen LogP contribution in [0.25, 0.3) is 0 Å². The molecule has 0 N–H and O–H groups in total. The molecule has 0 bridgehead atoms. The van der Waals surface area contributed by atoms with Crippen LogP contribution in [0.15, 0.2) is 0 Å². The van der Waals surface area contributed by atoms with Gasteiger partial charge in [-0.2, -0.15) is 0 Å². The van der Waals surface area contributed by atoms with Crippen molar-refractivity contribution in [2.24, 2.45) is 0 Å². The van der Waals surface area contributed by atoms with Gasteiger partial charge in [0.05, 0.1) is 0 Å². The zero-order valence-corrected chi connectivity index (χ0v) is 15.9. The second kappa shape index (κ2) is 9.08. The third-order valence-corrected chi connectivity index (χ3v) is 9.62. The summed E-state index contributed by atoms with van der Waals surface area (Å²) < 4.78 is 1.32. The van der Waals surface area contributed by atoms with Crippen molar-refractivity contribution in [3.05, 3.63) is 0 Å². The number of rotatable bonds is 11. The average molecular weight is 372 g/mol. The third kappa shape index (κ3) is 17.1. The summed E-state index contributed by atoms with van der Waals surface area (Å²) in [5, 5.41) is 0. The van der Waals surface area contributed by atoms with Crippen LogP contribution in [0, 0.1) is 0 Å². The summed E-state index contributed by atoms with van der Waals surface area (Å²) in [5.41, 5.74) is 0. The molecule has 0 heterocycles. The van der Waals surface area contributed by atoms with Crippen molar-refractivity contribution < 1.29 is 0 Å². The van der Waals surface area contributed by atoms with Crippen LogP contribution in [0.3, 0.4) is 0 Å². The molecule has 0 saturated heterocycles. The molecule has 0 radical (unpaired) electrons. The second-order valence-electron chi connectivity index (χ2n) is 6.82. The molecule has 0 rings (SSSR count). The van der Waals surface area contributed by atoms with Crippen molar-refractivity contribution in [1.29, 1.82) is 0 Å². The maximum atomic E-state index is 6.60. The first-order chi connectivity index (χ1) is 7.81. The Morgan fingerprint density at radius 2 is 1.00 bits per heavy atom. The van der Waals surface area contributed by atoms with Crippen molar-refractivity contribution in [3.8, 4) is 0 Å². The molecular formula is C15H34ClSb. The van der Waals surface area contributed by atoms with Gasteiger partial charge in [0.25, 0.3) is 0 Å². The molecule has 0 aliphatic rings. The normalized spacial score (nSPS) is 14.5. The van der Waals surface area contributed by atoms with Gasteiger partial charge >= 0.3 is 115 Å². The van der Waals surface area contributed by atoms with Gasteiger partial charge in [-0.3, -0.25) is 0 Å². The molecule has 0 aliphatic heterocycles. The summed E-state index contributed by atoms with van der Waals surface area (Å²) in [6.07, 6.45) is 14.2. The van der Waals surface area contributed by atoms with Crippen molar-refractivity contribution in [3.63, 3.8) is 0 Å². The quantitative estimate of drug-likeness (QED) is 0.273. The maximum absolute atomic E-state index is 6.60. The van der Waals surface area contributed by atoms with Crippen LogP contribution in [-0.4, -0.2) is 16.3 Å². The molecule has 0 nitrogen and oxygen atoms in total. The van der Waals surface area contributed by atoms with E-state index in [0.717, 1.165) is 0 Å². The summed E-state index contributed by atoms with van der Waals surface area (Å²) in [6, 6.07) is 0. The van der Waals surface area contributed by atoms with Crippen molar-refractivity contribution in [1.82, 2.24) is 0 Å². The Hall–Kier alpha value is 1.11. The van der Waals surface area contributed by atoms with E-state index in [2.05, 4.69) is 21.5 Å². The van der Waals surface area contributed by atoms with E-state index in [9.17, 15) is 0 Å². The molecule has 0 fully saturated rings. The molecule has 0 spiro atoms. The Labute approximate surface area is 115 Å². The molecule has 2 heteroatoms. The standard InChI is InChI=1S/C12H25.3CH3.ClH.Sb/c1-3-5-7-9-11-12-10-8-6-4-2;;;;;/h1,3-12H2,2H3;3*1H3;1H;/q;;;;;+1/p-1. The number of hydrogen-bond acceptors (Lipinski definition) is 0. The molecule has 0 aromatic heterocycles. The Balaban J connectivity index is 3.15. The van der Waals surface area contributed by atoms with Crippen LogP contribution >= 0.6 is 8.83 Å². The van der Waals surface area contributed by atoms with Crippen molar-refractivity contribution in [2.45, 2.75) is 90.1 Å². The molecule has 0 saturated carbocycles. The summed E-state index contributed by atoms with van der Waals surface area (Å²) in [5.74, 6) is 0. The number of halogens is 1. The van der Waals surface area contributed by atoms with Crippen LogP contribution in [-0.2, 0) is 0 Å². The van der Waals surface area contributed by atoms with E-state index in [4.69, 9.17) is 8.83 Å². The number of unbranched alkanes of at least 4 members (excludes halogenated alkanes) is 9. The van der Waals surface area contributed by atoms with E-state index < -0.39 is 16.3 Å². The average Bonchev–Trinajstić information content (AvgIpc) is 2.18. The van der Waals surface area contributed by atoms with Gasteiger partial charge in [-0.15, -0.1) is 0 Å². The predicted octanol–water partition coefficient (Wildman–Crippen LogP) is 6.94. The van der Waals surface area contributed by atoms with Gasteiger partial charge in [0.1, 0.15) is 0 Å². The third-order valence-electron chi connectivity index (χ3n) is 3.27. The minimum absolute atomic E-state index is 1.32. The van der Waals surface area contributed by atoms with E-state index in [1.807, 2.05) is 0 Å². The van der Waals surface area contributed by atoms with Crippen LogP contribution in [0.4, 0.5) is 0 Å². The van der Waals surface area contributed by atoms with Crippen molar-refractivity contribution in [2.75, 3.05) is 0 Å². The first kappa shape index (κ1) is 18.1. The van der Waals surface area contributed by atoms with E-state index >= 15 is 0 Å². The fourth-order valence-electron chi connectivity index (χ4n) is 2.13. The van der Waals surface area contributed by atoms with Gasteiger partial charge in [0.15, 0.2) is 0 Å². The van der Waals surface area contributed by atoms with Gasteiger partial charge in [-0.1, -0.05) is 0 Å². The Kier molecular flexibility index (Phi) is 9.67. The van der Waals surface area contributed by atoms with Crippen LogP contribution in [0.1, 0.15) is 71.1 Å². The molecule has 0 aromatic rings. The Morgan fingerprint density at radius 3 is 1.35 bits per heavy atom. The molecule has 0 aliphatic carbocycles. The Bertz CT molecular complexity index is 172. The summed E-state index contributed by atoms with van der Waals surface area (Å²) in [4.78, 5) is 7.01. The van der Waals surface area contributed by atoms with Gasteiger partial charge in [0, 0.05) is 0 Å². The fourth-order valence-corrected chi connectivity index (χ4v) is 6.62. The van der Waals surface area contributed by atoms with Crippen LogP contribution < -0.4 is 0 Å². The second-order valence-corrected chi connectivity index (χ2v) is 33.2. The van der Waals surface area contributed by atoms with E-state index in [1.165, 1.54) is 68.6 Å². The van der Waals surface area contributed by atoms with E-state index in [0.29, 0.717) is 0 Å². The summed E-state index contributed by atoms with van der Waals surface area (Å²) >= 11 is -2.46. The first-order valence-electron chi connectivity index (χ1n) is 7.53. The number of hydrogen-bond donors (Lipinski definition) is 0. The molecule has 0 aromatic carbocycles. The fraction of sp³-hybridized carbons (Fsp3) is 1.00. The summed E-state index contributed by atoms with van der Waals surface area (Å²) in [7, 11) is 6.60. The minimum atomic E-state index is -2.46. The zero-order valence-electron chi connectivity index (χ0n) is 12.6. The van der Waals surface area contributed by atoms with Crippen LogP contribution in [0.5, 0.6) is 0 Å². The van der Waals surface area contributed by atoms with Gasteiger partial charge < -0.3 is 0 Å². The first-order valence-corrected chi connectivity index (χ1v) is 20.2. The molecule has 0 unspecified atom stereocenters. The molecule has 106 valence electrons.